The number of ether oxygens (including phenoxy) is 1. The second-order valence-corrected chi connectivity index (χ2v) is 5.13. The molecule has 2 N–H and O–H groups in total. The van der Waals surface area contributed by atoms with Crippen molar-refractivity contribution < 1.29 is 17.9 Å². The van der Waals surface area contributed by atoms with Gasteiger partial charge in [0.2, 0.25) is 0 Å². The number of nitrogens with zero attached hydrogens (tertiary/aromatic N) is 1. The van der Waals surface area contributed by atoms with Crippen LogP contribution in [-0.4, -0.2) is 32.3 Å². The summed E-state index contributed by atoms with van der Waals surface area (Å²) in [6, 6.07) is 7.27. The van der Waals surface area contributed by atoms with Crippen LogP contribution in [0.1, 0.15) is 30.9 Å². The second-order valence-electron chi connectivity index (χ2n) is 5.13. The number of aliphatic imine (C=N–C) groups is 1. The van der Waals surface area contributed by atoms with Crippen LogP contribution < -0.4 is 10.6 Å². The van der Waals surface area contributed by atoms with Gasteiger partial charge in [-0.3, -0.25) is 4.99 Å². The summed E-state index contributed by atoms with van der Waals surface area (Å²) in [6.45, 7) is 2.21. The first-order valence-electron chi connectivity index (χ1n) is 7.61. The highest BCUT2D eigenvalue weighted by Gasteiger charge is 2.27. The quantitative estimate of drug-likeness (QED) is 0.269. The summed E-state index contributed by atoms with van der Waals surface area (Å²) in [5.41, 5.74) is 1.67. The molecule has 1 aromatic rings. The topological polar surface area (TPSA) is 45.7 Å². The summed E-state index contributed by atoms with van der Waals surface area (Å²) in [5, 5.41) is 6.37. The molecule has 0 heterocycles. The Hall–Kier alpha value is -1.03. The molecule has 0 spiro atoms. The SMILES string of the molecule is CCCCNC(=NC)NCc1cccc(COCC(F)(F)F)c1.I. The lowest BCUT2D eigenvalue weighted by Gasteiger charge is -2.12. The number of guanidine groups is 1. The largest absolute Gasteiger partial charge is 0.411 e. The molecule has 0 radical (unpaired) electrons. The number of benzene rings is 1. The highest BCUT2D eigenvalue weighted by atomic mass is 127. The molecule has 0 unspecified atom stereocenters. The lowest BCUT2D eigenvalue weighted by atomic mass is 10.1. The van der Waals surface area contributed by atoms with Gasteiger partial charge in [0.1, 0.15) is 6.61 Å². The van der Waals surface area contributed by atoms with E-state index in [2.05, 4.69) is 27.3 Å². The first-order valence-corrected chi connectivity index (χ1v) is 7.61. The molecule has 0 amide bonds. The summed E-state index contributed by atoms with van der Waals surface area (Å²) >= 11 is 0. The Bertz CT molecular complexity index is 496. The van der Waals surface area contributed by atoms with E-state index < -0.39 is 12.8 Å². The van der Waals surface area contributed by atoms with Crippen LogP contribution in [0.25, 0.3) is 0 Å². The Kier molecular flexibility index (Phi) is 11.8. The Morgan fingerprint density at radius 3 is 2.54 bits per heavy atom. The highest BCUT2D eigenvalue weighted by Crippen LogP contribution is 2.16. The number of alkyl halides is 3. The van der Waals surface area contributed by atoms with Crippen LogP contribution in [-0.2, 0) is 17.9 Å². The van der Waals surface area contributed by atoms with Gasteiger partial charge >= 0.3 is 6.18 Å². The van der Waals surface area contributed by atoms with Gasteiger partial charge in [-0.15, -0.1) is 24.0 Å². The molecular weight excluding hydrogens is 434 g/mol. The highest BCUT2D eigenvalue weighted by molar-refractivity contribution is 14.0. The Labute approximate surface area is 158 Å². The summed E-state index contributed by atoms with van der Waals surface area (Å²) in [4.78, 5) is 4.12. The van der Waals surface area contributed by atoms with Crippen LogP contribution in [0.15, 0.2) is 29.3 Å². The van der Waals surface area contributed by atoms with Gasteiger partial charge in [0.05, 0.1) is 6.61 Å². The van der Waals surface area contributed by atoms with E-state index in [0.717, 1.165) is 24.9 Å². The van der Waals surface area contributed by atoms with E-state index in [4.69, 9.17) is 0 Å². The first-order chi connectivity index (χ1) is 10.9. The van der Waals surface area contributed by atoms with Gasteiger partial charge in [-0.05, 0) is 17.5 Å². The van der Waals surface area contributed by atoms with Crippen LogP contribution in [0.3, 0.4) is 0 Å². The molecule has 1 aromatic carbocycles. The van der Waals surface area contributed by atoms with E-state index in [9.17, 15) is 13.2 Å². The number of hydrogen-bond acceptors (Lipinski definition) is 2. The lowest BCUT2D eigenvalue weighted by Crippen LogP contribution is -2.37. The average molecular weight is 459 g/mol. The molecule has 0 atom stereocenters. The van der Waals surface area contributed by atoms with E-state index in [-0.39, 0.29) is 30.6 Å². The molecular formula is C16H25F3IN3O. The third-order valence-corrected chi connectivity index (χ3v) is 3.03. The van der Waals surface area contributed by atoms with E-state index in [1.165, 1.54) is 0 Å². The molecule has 0 saturated heterocycles. The fourth-order valence-electron chi connectivity index (χ4n) is 1.90. The minimum Gasteiger partial charge on any atom is -0.367 e. The molecule has 0 bridgehead atoms. The van der Waals surface area contributed by atoms with Crippen molar-refractivity contribution in [3.63, 3.8) is 0 Å². The molecule has 4 nitrogen and oxygen atoms in total. The van der Waals surface area contributed by atoms with Crippen LogP contribution in [0.2, 0.25) is 0 Å². The van der Waals surface area contributed by atoms with Gasteiger partial charge in [-0.25, -0.2) is 0 Å². The van der Waals surface area contributed by atoms with Crippen LogP contribution in [0.5, 0.6) is 0 Å². The van der Waals surface area contributed by atoms with E-state index in [0.29, 0.717) is 18.1 Å². The summed E-state index contributed by atoms with van der Waals surface area (Å²) < 4.78 is 40.8. The fourth-order valence-corrected chi connectivity index (χ4v) is 1.90. The average Bonchev–Trinajstić information content (AvgIpc) is 2.50. The molecule has 138 valence electrons. The minimum absolute atomic E-state index is 0. The predicted octanol–water partition coefficient (Wildman–Crippen LogP) is 3.85. The molecule has 0 fully saturated rings. The maximum atomic E-state index is 12.1. The van der Waals surface area contributed by atoms with Gasteiger partial charge in [-0.2, -0.15) is 13.2 Å². The zero-order chi connectivity index (χ0) is 17.1. The number of unbranched alkanes of at least 4 members (excludes halogenated alkanes) is 1. The predicted molar refractivity (Wildman–Crippen MR) is 101 cm³/mol. The van der Waals surface area contributed by atoms with E-state index in [1.54, 1.807) is 19.2 Å². The van der Waals surface area contributed by atoms with Crippen molar-refractivity contribution in [1.29, 1.82) is 0 Å². The molecule has 0 aromatic heterocycles. The monoisotopic (exact) mass is 459 g/mol. The zero-order valence-corrected chi connectivity index (χ0v) is 16.3. The standard InChI is InChI=1S/C16H24F3N3O.HI/c1-3-4-8-21-15(20-2)22-10-13-6-5-7-14(9-13)11-23-12-16(17,18)19;/h5-7,9H,3-4,8,10-12H2,1-2H3,(H2,20,21,22);1H. The van der Waals surface area contributed by atoms with Crippen molar-refractivity contribution >= 4 is 29.9 Å². The normalized spacial score (nSPS) is 11.8. The molecule has 1 rings (SSSR count). The summed E-state index contributed by atoms with van der Waals surface area (Å²) in [5.74, 6) is 0.706. The smallest absolute Gasteiger partial charge is 0.367 e. The van der Waals surface area contributed by atoms with Gasteiger partial charge in [0, 0.05) is 20.1 Å². The zero-order valence-electron chi connectivity index (χ0n) is 13.9. The van der Waals surface area contributed by atoms with Crippen molar-refractivity contribution in [3.05, 3.63) is 35.4 Å². The molecule has 24 heavy (non-hydrogen) atoms. The third-order valence-electron chi connectivity index (χ3n) is 3.03. The van der Waals surface area contributed by atoms with Crippen LogP contribution in [0.4, 0.5) is 13.2 Å². The maximum Gasteiger partial charge on any atom is 0.411 e. The van der Waals surface area contributed by atoms with Crippen molar-refractivity contribution in [3.8, 4) is 0 Å². The van der Waals surface area contributed by atoms with Crippen LogP contribution in [0, 0.1) is 0 Å². The second kappa shape index (κ2) is 12.3. The van der Waals surface area contributed by atoms with E-state index in [1.807, 2.05) is 12.1 Å². The first kappa shape index (κ1) is 23.0. The number of hydrogen-bond donors (Lipinski definition) is 2. The number of nitrogens with one attached hydrogen (secondary N) is 2. The Balaban J connectivity index is 0.00000529. The van der Waals surface area contributed by atoms with E-state index >= 15 is 0 Å². The molecule has 0 aliphatic carbocycles. The van der Waals surface area contributed by atoms with Crippen molar-refractivity contribution in [1.82, 2.24) is 10.6 Å². The molecule has 0 saturated carbocycles. The van der Waals surface area contributed by atoms with Gasteiger partial charge < -0.3 is 15.4 Å². The van der Waals surface area contributed by atoms with Gasteiger partial charge in [-0.1, -0.05) is 37.6 Å². The van der Waals surface area contributed by atoms with Crippen molar-refractivity contribution in [2.45, 2.75) is 39.1 Å². The lowest BCUT2D eigenvalue weighted by molar-refractivity contribution is -0.176. The maximum absolute atomic E-state index is 12.1. The molecule has 0 aliphatic heterocycles. The van der Waals surface area contributed by atoms with Crippen molar-refractivity contribution in [2.24, 2.45) is 4.99 Å². The van der Waals surface area contributed by atoms with Crippen molar-refractivity contribution in [2.75, 3.05) is 20.2 Å². The molecule has 8 heteroatoms. The third kappa shape index (κ3) is 10.7. The Morgan fingerprint density at radius 1 is 1.21 bits per heavy atom. The van der Waals surface area contributed by atoms with Gasteiger partial charge in [0.25, 0.3) is 0 Å². The van der Waals surface area contributed by atoms with Crippen LogP contribution >= 0.6 is 24.0 Å². The Morgan fingerprint density at radius 2 is 1.92 bits per heavy atom. The minimum atomic E-state index is -4.30. The number of rotatable bonds is 8. The summed E-state index contributed by atoms with van der Waals surface area (Å²) in [6.07, 6.45) is -2.13. The summed E-state index contributed by atoms with van der Waals surface area (Å²) in [7, 11) is 1.70. The number of halogens is 4. The molecule has 0 aliphatic rings. The van der Waals surface area contributed by atoms with Gasteiger partial charge in [0.15, 0.2) is 5.96 Å². The fraction of sp³-hybridized carbons (Fsp3) is 0.562.